The van der Waals surface area contributed by atoms with Gasteiger partial charge in [0.15, 0.2) is 5.78 Å². The van der Waals surface area contributed by atoms with Gasteiger partial charge in [-0.05, 0) is 34.8 Å². The van der Waals surface area contributed by atoms with E-state index in [9.17, 15) is 9.59 Å². The minimum Gasteiger partial charge on any atom is -0.463 e. The number of fused-ring (bicyclic) bond motifs is 1. The zero-order valence-corrected chi connectivity index (χ0v) is 20.2. The van der Waals surface area contributed by atoms with Gasteiger partial charge in [-0.1, -0.05) is 77.8 Å². The maximum atomic E-state index is 13.2. The smallest absolute Gasteiger partial charge is 0.208 e. The van der Waals surface area contributed by atoms with Crippen molar-refractivity contribution in [3.05, 3.63) is 81.7 Å². The first-order chi connectivity index (χ1) is 14.7. The molecule has 160 valence electrons. The highest BCUT2D eigenvalue weighted by Gasteiger charge is 2.41. The van der Waals surface area contributed by atoms with Crippen LogP contribution in [-0.4, -0.2) is 13.9 Å². The fourth-order valence-corrected chi connectivity index (χ4v) is 9.94. The normalized spacial score (nSPS) is 11.8. The molecule has 0 aliphatic rings. The van der Waals surface area contributed by atoms with Crippen molar-refractivity contribution in [2.24, 2.45) is 0 Å². The first-order valence-electron chi connectivity index (χ1n) is 10.9. The number of carbonyl (C=O) groups is 1. The van der Waals surface area contributed by atoms with Crippen molar-refractivity contribution in [1.82, 2.24) is 0 Å². The van der Waals surface area contributed by atoms with Crippen LogP contribution < -0.4 is 5.43 Å². The second-order valence-electron chi connectivity index (χ2n) is 9.03. The monoisotopic (exact) mass is 430 g/mol. The van der Waals surface area contributed by atoms with Crippen LogP contribution >= 0.6 is 0 Å². The van der Waals surface area contributed by atoms with Crippen molar-refractivity contribution in [2.75, 3.05) is 0 Å². The minimum atomic E-state index is -1.97. The zero-order valence-electron chi connectivity index (χ0n) is 19.2. The molecule has 2 aromatic carbocycles. The molecule has 3 rings (SSSR count). The SMILES string of the molecule is CC(C)[Si](C#Cc1coc2ccc(C(=O)c3ccccc3)cc2c1=O)(C(C)C)C(C)C. The van der Waals surface area contributed by atoms with Crippen molar-refractivity contribution in [1.29, 1.82) is 0 Å². The van der Waals surface area contributed by atoms with Gasteiger partial charge in [0.2, 0.25) is 5.43 Å². The molecule has 0 spiro atoms. The number of hydrogen-bond donors (Lipinski definition) is 0. The van der Waals surface area contributed by atoms with Crippen LogP contribution in [0.5, 0.6) is 0 Å². The summed E-state index contributed by atoms with van der Waals surface area (Å²) in [4.78, 5) is 26.0. The summed E-state index contributed by atoms with van der Waals surface area (Å²) in [5.74, 6) is 3.07. The van der Waals surface area contributed by atoms with Crippen LogP contribution in [0.1, 0.15) is 63.0 Å². The topological polar surface area (TPSA) is 47.3 Å². The molecular weight excluding hydrogens is 400 g/mol. The summed E-state index contributed by atoms with van der Waals surface area (Å²) < 4.78 is 5.71. The Labute approximate surface area is 185 Å². The molecule has 4 heteroatoms. The summed E-state index contributed by atoms with van der Waals surface area (Å²) in [7, 11) is -1.97. The van der Waals surface area contributed by atoms with E-state index in [1.54, 1.807) is 30.3 Å². The molecule has 0 saturated heterocycles. The highest BCUT2D eigenvalue weighted by Crippen LogP contribution is 2.40. The molecule has 0 radical (unpaired) electrons. The molecule has 1 heterocycles. The second kappa shape index (κ2) is 9.07. The van der Waals surface area contributed by atoms with Crippen molar-refractivity contribution in [3.63, 3.8) is 0 Å². The van der Waals surface area contributed by atoms with Gasteiger partial charge in [-0.15, -0.1) is 5.54 Å². The maximum absolute atomic E-state index is 13.2. The van der Waals surface area contributed by atoms with Gasteiger partial charge in [0.25, 0.3) is 0 Å². The Kier molecular flexibility index (Phi) is 6.67. The second-order valence-corrected chi connectivity index (χ2v) is 14.6. The van der Waals surface area contributed by atoms with E-state index in [4.69, 9.17) is 4.42 Å². The van der Waals surface area contributed by atoms with Crippen LogP contribution in [0.15, 0.2) is 64.0 Å². The molecule has 1 aromatic heterocycles. The van der Waals surface area contributed by atoms with E-state index in [1.807, 2.05) is 18.2 Å². The van der Waals surface area contributed by atoms with E-state index in [-0.39, 0.29) is 11.2 Å². The molecule has 0 amide bonds. The molecule has 0 aliphatic heterocycles. The first kappa shape index (κ1) is 22.8. The van der Waals surface area contributed by atoms with E-state index >= 15 is 0 Å². The average Bonchev–Trinajstić information content (AvgIpc) is 2.74. The van der Waals surface area contributed by atoms with Gasteiger partial charge in [0.05, 0.1) is 5.39 Å². The van der Waals surface area contributed by atoms with Gasteiger partial charge in [-0.3, -0.25) is 9.59 Å². The lowest BCUT2D eigenvalue weighted by molar-refractivity contribution is 0.103. The van der Waals surface area contributed by atoms with Crippen molar-refractivity contribution < 1.29 is 9.21 Å². The van der Waals surface area contributed by atoms with Crippen molar-refractivity contribution >= 4 is 24.8 Å². The molecule has 0 N–H and O–H groups in total. The quantitative estimate of drug-likeness (QED) is 0.260. The van der Waals surface area contributed by atoms with Crippen LogP contribution in [0, 0.1) is 11.5 Å². The Balaban J connectivity index is 2.11. The molecule has 0 atom stereocenters. The summed E-state index contributed by atoms with van der Waals surface area (Å²) in [6, 6.07) is 14.1. The van der Waals surface area contributed by atoms with E-state index < -0.39 is 8.07 Å². The number of hydrogen-bond acceptors (Lipinski definition) is 3. The molecule has 31 heavy (non-hydrogen) atoms. The Morgan fingerprint density at radius 3 is 2.06 bits per heavy atom. The fraction of sp³-hybridized carbons (Fsp3) is 0.333. The lowest BCUT2D eigenvalue weighted by atomic mass is 10.0. The number of ketones is 1. The van der Waals surface area contributed by atoms with Crippen LogP contribution in [0.3, 0.4) is 0 Å². The largest absolute Gasteiger partial charge is 0.463 e. The fourth-order valence-electron chi connectivity index (χ4n) is 4.72. The Hall–Kier alpha value is -2.90. The molecule has 0 saturated carbocycles. The van der Waals surface area contributed by atoms with E-state index in [2.05, 4.69) is 53.0 Å². The van der Waals surface area contributed by atoms with Crippen LogP contribution in [0.4, 0.5) is 0 Å². The third kappa shape index (κ3) is 4.29. The zero-order chi connectivity index (χ0) is 22.8. The minimum absolute atomic E-state index is 0.121. The van der Waals surface area contributed by atoms with Gasteiger partial charge < -0.3 is 4.42 Å². The summed E-state index contributed by atoms with van der Waals surface area (Å²) in [6.07, 6.45) is 1.45. The average molecular weight is 431 g/mol. The van der Waals surface area contributed by atoms with Gasteiger partial charge in [0.1, 0.15) is 25.5 Å². The third-order valence-corrected chi connectivity index (χ3v) is 12.6. The third-order valence-electron chi connectivity index (χ3n) is 6.35. The van der Waals surface area contributed by atoms with E-state index in [0.717, 1.165) is 0 Å². The number of carbonyl (C=O) groups excluding carboxylic acids is 1. The molecular formula is C27H30O3Si. The molecule has 3 aromatic rings. The maximum Gasteiger partial charge on any atom is 0.208 e. The number of rotatable bonds is 5. The Bertz CT molecular complexity index is 1190. The lowest BCUT2D eigenvalue weighted by Gasteiger charge is -2.38. The molecule has 0 unspecified atom stereocenters. The molecule has 0 aliphatic carbocycles. The predicted octanol–water partition coefficient (Wildman–Crippen LogP) is 6.59. The lowest BCUT2D eigenvalue weighted by Crippen LogP contribution is -2.43. The summed E-state index contributed by atoms with van der Waals surface area (Å²) >= 11 is 0. The predicted molar refractivity (Wildman–Crippen MR) is 130 cm³/mol. The summed E-state index contributed by atoms with van der Waals surface area (Å²) in [6.45, 7) is 13.4. The van der Waals surface area contributed by atoms with E-state index in [1.165, 1.54) is 6.26 Å². The first-order valence-corrected chi connectivity index (χ1v) is 13.1. The van der Waals surface area contributed by atoms with Gasteiger partial charge in [-0.25, -0.2) is 0 Å². The number of benzene rings is 2. The van der Waals surface area contributed by atoms with Crippen molar-refractivity contribution in [3.8, 4) is 11.5 Å². The Morgan fingerprint density at radius 2 is 1.48 bits per heavy atom. The van der Waals surface area contributed by atoms with Crippen LogP contribution in [0.25, 0.3) is 11.0 Å². The molecule has 0 fully saturated rings. The standard InChI is InChI=1S/C27H30O3Si/c1-18(2)31(19(3)4,20(5)6)15-14-23-17-30-25-13-12-22(16-24(25)27(23)29)26(28)21-10-8-7-9-11-21/h7-13,16-20H,1-6H3. The van der Waals surface area contributed by atoms with Gasteiger partial charge in [0, 0.05) is 11.1 Å². The summed E-state index contributed by atoms with van der Waals surface area (Å²) in [5, 5.41) is 0.388. The van der Waals surface area contributed by atoms with Crippen LogP contribution in [0.2, 0.25) is 16.6 Å². The molecule has 3 nitrogen and oxygen atoms in total. The highest BCUT2D eigenvalue weighted by molar-refractivity contribution is 6.90. The van der Waals surface area contributed by atoms with Crippen LogP contribution in [-0.2, 0) is 0 Å². The van der Waals surface area contributed by atoms with Gasteiger partial charge in [-0.2, -0.15) is 0 Å². The molecule has 0 bridgehead atoms. The van der Waals surface area contributed by atoms with Crippen molar-refractivity contribution in [2.45, 2.75) is 58.2 Å². The van der Waals surface area contributed by atoms with Gasteiger partial charge >= 0.3 is 0 Å². The highest BCUT2D eigenvalue weighted by atomic mass is 28.3. The summed E-state index contributed by atoms with van der Waals surface area (Å²) in [5.41, 5.74) is 6.68. The van der Waals surface area contributed by atoms with E-state index in [0.29, 0.717) is 44.3 Å². The Morgan fingerprint density at radius 1 is 0.871 bits per heavy atom.